The summed E-state index contributed by atoms with van der Waals surface area (Å²) in [6.07, 6.45) is 0. The molecule has 0 fully saturated rings. The number of nitrogens with zero attached hydrogens (tertiary/aromatic N) is 2. The average Bonchev–Trinajstić information content (AvgIpc) is 2.51. The van der Waals surface area contributed by atoms with E-state index in [1.807, 2.05) is 0 Å². The molecule has 0 saturated heterocycles. The first kappa shape index (κ1) is 14.3. The zero-order chi connectivity index (χ0) is 13.9. The highest BCUT2D eigenvalue weighted by molar-refractivity contribution is 6.30. The van der Waals surface area contributed by atoms with E-state index in [-0.39, 0.29) is 6.54 Å². The maximum Gasteiger partial charge on any atom is 0.325 e. The van der Waals surface area contributed by atoms with E-state index in [4.69, 9.17) is 16.7 Å². The van der Waals surface area contributed by atoms with Gasteiger partial charge in [0.1, 0.15) is 11.2 Å². The summed E-state index contributed by atoms with van der Waals surface area (Å²) in [6.45, 7) is 3.35. The highest BCUT2D eigenvalue weighted by atomic mass is 35.5. The van der Waals surface area contributed by atoms with Gasteiger partial charge in [0.15, 0.2) is 0 Å². The molecule has 1 aromatic heterocycles. The van der Waals surface area contributed by atoms with Gasteiger partial charge < -0.3 is 15.7 Å². The van der Waals surface area contributed by atoms with Crippen molar-refractivity contribution in [3.8, 4) is 0 Å². The van der Waals surface area contributed by atoms with Gasteiger partial charge in [0, 0.05) is 19.2 Å². The van der Waals surface area contributed by atoms with Crippen molar-refractivity contribution < 1.29 is 14.7 Å². The summed E-state index contributed by atoms with van der Waals surface area (Å²) in [5.41, 5.74) is 1.42. The predicted molar refractivity (Wildman–Crippen MR) is 65.4 cm³/mol. The summed E-state index contributed by atoms with van der Waals surface area (Å²) < 4.78 is 1.51. The number of hydrogen-bond donors (Lipinski definition) is 3. The zero-order valence-electron chi connectivity index (χ0n) is 10.3. The lowest BCUT2D eigenvalue weighted by molar-refractivity contribution is -0.138. The molecule has 100 valence electrons. The number of amides is 2. The van der Waals surface area contributed by atoms with Gasteiger partial charge in [-0.05, 0) is 13.8 Å². The van der Waals surface area contributed by atoms with Crippen LogP contribution in [0.2, 0.25) is 5.15 Å². The van der Waals surface area contributed by atoms with Crippen LogP contribution in [0.15, 0.2) is 0 Å². The SMILES string of the molecule is Cc1nn(C)c(Cl)c1CNC(=O)NC(C)C(=O)O. The molecule has 1 aromatic rings. The van der Waals surface area contributed by atoms with Crippen molar-refractivity contribution in [2.75, 3.05) is 0 Å². The Labute approximate surface area is 109 Å². The van der Waals surface area contributed by atoms with Crippen molar-refractivity contribution in [2.24, 2.45) is 7.05 Å². The van der Waals surface area contributed by atoms with Crippen molar-refractivity contribution in [3.63, 3.8) is 0 Å². The van der Waals surface area contributed by atoms with E-state index in [1.165, 1.54) is 11.6 Å². The first-order valence-corrected chi connectivity index (χ1v) is 5.66. The third-order valence-electron chi connectivity index (χ3n) is 2.41. The Morgan fingerprint density at radius 1 is 1.56 bits per heavy atom. The van der Waals surface area contributed by atoms with E-state index < -0.39 is 18.0 Å². The molecule has 0 bridgehead atoms. The number of aliphatic carboxylic acids is 1. The lowest BCUT2D eigenvalue weighted by Crippen LogP contribution is -2.44. The first-order chi connectivity index (χ1) is 8.32. The van der Waals surface area contributed by atoms with Crippen LogP contribution < -0.4 is 10.6 Å². The number of halogens is 1. The van der Waals surface area contributed by atoms with Gasteiger partial charge in [0.05, 0.1) is 5.69 Å². The molecule has 0 radical (unpaired) electrons. The largest absolute Gasteiger partial charge is 0.480 e. The van der Waals surface area contributed by atoms with E-state index in [9.17, 15) is 9.59 Å². The molecule has 2 amide bonds. The maximum absolute atomic E-state index is 11.4. The highest BCUT2D eigenvalue weighted by Crippen LogP contribution is 2.17. The molecule has 8 heteroatoms. The Bertz CT molecular complexity index is 472. The van der Waals surface area contributed by atoms with Gasteiger partial charge in [-0.1, -0.05) is 11.6 Å². The molecule has 1 heterocycles. The van der Waals surface area contributed by atoms with E-state index in [0.29, 0.717) is 16.4 Å². The van der Waals surface area contributed by atoms with Crippen molar-refractivity contribution in [1.82, 2.24) is 20.4 Å². The van der Waals surface area contributed by atoms with Crippen LogP contribution in [0.5, 0.6) is 0 Å². The number of carbonyl (C=O) groups is 2. The number of carboxylic acid groups (broad SMARTS) is 1. The van der Waals surface area contributed by atoms with E-state index in [1.54, 1.807) is 14.0 Å². The third-order valence-corrected chi connectivity index (χ3v) is 2.89. The van der Waals surface area contributed by atoms with Crippen LogP contribution in [0.25, 0.3) is 0 Å². The second-order valence-electron chi connectivity index (χ2n) is 3.87. The number of rotatable bonds is 4. The Hall–Kier alpha value is -1.76. The fourth-order valence-electron chi connectivity index (χ4n) is 1.35. The van der Waals surface area contributed by atoms with Crippen molar-refractivity contribution in [3.05, 3.63) is 16.4 Å². The lowest BCUT2D eigenvalue weighted by Gasteiger charge is -2.10. The number of aromatic nitrogens is 2. The van der Waals surface area contributed by atoms with Crippen LogP contribution >= 0.6 is 11.6 Å². The summed E-state index contributed by atoms with van der Waals surface area (Å²) in [6, 6.07) is -1.51. The molecule has 18 heavy (non-hydrogen) atoms. The number of carboxylic acids is 1. The number of nitrogens with one attached hydrogen (secondary N) is 2. The van der Waals surface area contributed by atoms with Gasteiger partial charge >= 0.3 is 12.0 Å². The molecule has 0 aliphatic heterocycles. The van der Waals surface area contributed by atoms with Crippen molar-refractivity contribution in [2.45, 2.75) is 26.4 Å². The minimum atomic E-state index is -1.10. The monoisotopic (exact) mass is 274 g/mol. The molecule has 0 saturated carbocycles. The van der Waals surface area contributed by atoms with Gasteiger partial charge in [-0.3, -0.25) is 9.48 Å². The van der Waals surface area contributed by atoms with Crippen LogP contribution in [0.4, 0.5) is 4.79 Å². The summed E-state index contributed by atoms with van der Waals surface area (Å²) in [7, 11) is 1.70. The molecule has 7 nitrogen and oxygen atoms in total. The standard InChI is InChI=1S/C10H15ClN4O3/c1-5-7(8(11)15(3)14-5)4-12-10(18)13-6(2)9(16)17/h6H,4H2,1-3H3,(H,16,17)(H2,12,13,18). The molecule has 0 aromatic carbocycles. The molecule has 3 N–H and O–H groups in total. The fourth-order valence-corrected chi connectivity index (χ4v) is 1.59. The Kier molecular flexibility index (Phi) is 4.55. The van der Waals surface area contributed by atoms with Crippen molar-refractivity contribution in [1.29, 1.82) is 0 Å². The lowest BCUT2D eigenvalue weighted by atomic mass is 10.2. The molecule has 1 atom stereocenters. The molecular formula is C10H15ClN4O3. The van der Waals surface area contributed by atoms with Gasteiger partial charge in [0.2, 0.25) is 0 Å². The molecule has 0 aliphatic carbocycles. The average molecular weight is 275 g/mol. The molecule has 1 rings (SSSR count). The third kappa shape index (κ3) is 3.36. The van der Waals surface area contributed by atoms with E-state index >= 15 is 0 Å². The van der Waals surface area contributed by atoms with Crippen molar-refractivity contribution >= 4 is 23.6 Å². The normalized spacial score (nSPS) is 12.0. The van der Waals surface area contributed by atoms with Crippen LogP contribution in [0.3, 0.4) is 0 Å². The zero-order valence-corrected chi connectivity index (χ0v) is 11.1. The van der Waals surface area contributed by atoms with Gasteiger partial charge in [-0.2, -0.15) is 5.10 Å². The molecule has 0 spiro atoms. The number of urea groups is 1. The fraction of sp³-hybridized carbons (Fsp3) is 0.500. The highest BCUT2D eigenvalue weighted by Gasteiger charge is 2.15. The van der Waals surface area contributed by atoms with Gasteiger partial charge in [0.25, 0.3) is 0 Å². The minimum Gasteiger partial charge on any atom is -0.480 e. The Morgan fingerprint density at radius 3 is 2.61 bits per heavy atom. The molecule has 0 aliphatic rings. The minimum absolute atomic E-state index is 0.191. The number of carbonyl (C=O) groups excluding carboxylic acids is 1. The van der Waals surface area contributed by atoms with Crippen LogP contribution in [-0.2, 0) is 18.4 Å². The predicted octanol–water partition coefficient (Wildman–Crippen LogP) is 0.654. The summed E-state index contributed by atoms with van der Waals surface area (Å²) >= 11 is 5.99. The second-order valence-corrected chi connectivity index (χ2v) is 4.22. The smallest absolute Gasteiger partial charge is 0.325 e. The number of hydrogen-bond acceptors (Lipinski definition) is 3. The molecule has 1 unspecified atom stereocenters. The van der Waals surface area contributed by atoms with Crippen LogP contribution in [-0.4, -0.2) is 32.9 Å². The van der Waals surface area contributed by atoms with Crippen LogP contribution in [0.1, 0.15) is 18.2 Å². The van der Waals surface area contributed by atoms with Gasteiger partial charge in [-0.25, -0.2) is 4.79 Å². The molecular weight excluding hydrogens is 260 g/mol. The van der Waals surface area contributed by atoms with E-state index in [2.05, 4.69) is 15.7 Å². The second kappa shape index (κ2) is 5.72. The maximum atomic E-state index is 11.4. The summed E-state index contributed by atoms with van der Waals surface area (Å²) in [5, 5.41) is 18.0. The summed E-state index contributed by atoms with van der Waals surface area (Å²) in [4.78, 5) is 21.9. The van der Waals surface area contributed by atoms with Gasteiger partial charge in [-0.15, -0.1) is 0 Å². The Balaban J connectivity index is 2.55. The first-order valence-electron chi connectivity index (χ1n) is 5.28. The topological polar surface area (TPSA) is 96.3 Å². The summed E-state index contributed by atoms with van der Waals surface area (Å²) in [5.74, 6) is -1.10. The van der Waals surface area contributed by atoms with Crippen LogP contribution in [0, 0.1) is 6.92 Å². The number of aryl methyl sites for hydroxylation is 2. The quantitative estimate of drug-likeness (QED) is 0.751. The Morgan fingerprint density at radius 2 is 2.17 bits per heavy atom. The van der Waals surface area contributed by atoms with E-state index in [0.717, 1.165) is 0 Å².